The van der Waals surface area contributed by atoms with E-state index in [1.54, 1.807) is 29.2 Å². The van der Waals surface area contributed by atoms with Crippen LogP contribution < -0.4 is 5.32 Å². The number of hydrogen-bond donors (Lipinski definition) is 1. The van der Waals surface area contributed by atoms with Crippen molar-refractivity contribution in [1.82, 2.24) is 19.2 Å². The summed E-state index contributed by atoms with van der Waals surface area (Å²) in [4.78, 5) is 17.4. The number of halogens is 1. The van der Waals surface area contributed by atoms with Crippen LogP contribution in [0.2, 0.25) is 5.02 Å². The number of nitrogens with one attached hydrogen (secondary N) is 1. The number of pyridine rings is 1. The van der Waals surface area contributed by atoms with Crippen molar-refractivity contribution < 1.29 is 4.79 Å². The van der Waals surface area contributed by atoms with Crippen LogP contribution in [0.25, 0.3) is 5.65 Å². The number of hydrogen-bond acceptors (Lipinski definition) is 4. The average molecular weight is 480 g/mol. The zero-order chi connectivity index (χ0) is 24.4. The Morgan fingerprint density at radius 1 is 1.09 bits per heavy atom. The number of anilines is 2. The first-order chi connectivity index (χ1) is 17.0. The van der Waals surface area contributed by atoms with Gasteiger partial charge in [-0.05, 0) is 54.3 Å². The Bertz CT molecular complexity index is 1600. The van der Waals surface area contributed by atoms with Gasteiger partial charge in [0.25, 0.3) is 0 Å². The number of carbonyl (C=O) groups excluding carboxylic acids is 1. The molecule has 0 saturated carbocycles. The fourth-order valence-corrected chi connectivity index (χ4v) is 3.92. The van der Waals surface area contributed by atoms with Crippen LogP contribution in [0.1, 0.15) is 32.7 Å². The Morgan fingerprint density at radius 2 is 1.91 bits per heavy atom. The van der Waals surface area contributed by atoms with Gasteiger partial charge in [0, 0.05) is 42.0 Å². The van der Waals surface area contributed by atoms with Gasteiger partial charge in [-0.3, -0.25) is 13.9 Å². The van der Waals surface area contributed by atoms with Gasteiger partial charge in [0.2, 0.25) is 0 Å². The summed E-state index contributed by atoms with van der Waals surface area (Å²) >= 11 is 5.95. The topological polar surface area (TPSA) is 64.2 Å². The summed E-state index contributed by atoms with van der Waals surface area (Å²) in [5, 5.41) is 8.19. The molecule has 6 nitrogen and oxygen atoms in total. The highest BCUT2D eigenvalue weighted by Gasteiger charge is 2.10. The zero-order valence-electron chi connectivity index (χ0n) is 19.3. The van der Waals surface area contributed by atoms with Crippen molar-refractivity contribution >= 4 is 34.4 Å². The summed E-state index contributed by atoms with van der Waals surface area (Å²) in [7, 11) is 1.87. The molecular formula is C28H22ClN5O. The molecule has 0 spiro atoms. The maximum absolute atomic E-state index is 12.9. The van der Waals surface area contributed by atoms with E-state index in [9.17, 15) is 4.79 Å². The van der Waals surface area contributed by atoms with Gasteiger partial charge in [0.05, 0.1) is 23.8 Å². The number of rotatable bonds is 5. The van der Waals surface area contributed by atoms with Crippen LogP contribution in [0.5, 0.6) is 0 Å². The first-order valence-corrected chi connectivity index (χ1v) is 11.5. The van der Waals surface area contributed by atoms with Crippen molar-refractivity contribution in [3.63, 3.8) is 0 Å². The van der Waals surface area contributed by atoms with Gasteiger partial charge >= 0.3 is 0 Å². The van der Waals surface area contributed by atoms with Crippen LogP contribution in [0.4, 0.5) is 11.4 Å². The first kappa shape index (κ1) is 22.5. The molecule has 0 aliphatic rings. The Morgan fingerprint density at radius 3 is 2.69 bits per heavy atom. The Labute approximate surface area is 208 Å². The van der Waals surface area contributed by atoms with Gasteiger partial charge in [-0.1, -0.05) is 41.8 Å². The van der Waals surface area contributed by atoms with Crippen molar-refractivity contribution in [2.75, 3.05) is 5.32 Å². The Hall–Kier alpha value is -4.34. The van der Waals surface area contributed by atoms with Crippen molar-refractivity contribution in [3.05, 3.63) is 112 Å². The molecule has 35 heavy (non-hydrogen) atoms. The lowest BCUT2D eigenvalue weighted by molar-refractivity contribution is 0.0993. The smallest absolute Gasteiger partial charge is 0.167 e. The molecule has 0 saturated heterocycles. The number of benzene rings is 2. The van der Waals surface area contributed by atoms with Gasteiger partial charge in [-0.15, -0.1) is 0 Å². The normalized spacial score (nSPS) is 10.7. The van der Waals surface area contributed by atoms with E-state index in [1.807, 2.05) is 73.2 Å². The second-order valence-corrected chi connectivity index (χ2v) is 8.73. The highest BCUT2D eigenvalue weighted by molar-refractivity contribution is 6.30. The fourth-order valence-electron chi connectivity index (χ4n) is 3.79. The molecule has 5 rings (SSSR count). The van der Waals surface area contributed by atoms with Crippen molar-refractivity contribution in [1.29, 1.82) is 0 Å². The van der Waals surface area contributed by atoms with E-state index in [4.69, 9.17) is 11.6 Å². The van der Waals surface area contributed by atoms with Gasteiger partial charge in [0.1, 0.15) is 5.69 Å². The van der Waals surface area contributed by atoms with Crippen LogP contribution in [0.3, 0.4) is 0 Å². The molecule has 0 bridgehead atoms. The number of fused-ring (bicyclic) bond motifs is 1. The summed E-state index contributed by atoms with van der Waals surface area (Å²) in [6.07, 6.45) is 7.66. The largest absolute Gasteiger partial charge is 0.350 e. The molecule has 2 aromatic carbocycles. The van der Waals surface area contributed by atoms with Crippen LogP contribution in [0.15, 0.2) is 79.4 Å². The maximum atomic E-state index is 12.9. The third-order valence-electron chi connectivity index (χ3n) is 5.68. The lowest BCUT2D eigenvalue weighted by atomic mass is 9.99. The number of Topliss-reactive ketones (excluding diaryl/α,β-unsaturated/α-hetero) is 1. The third-order valence-corrected chi connectivity index (χ3v) is 5.93. The minimum atomic E-state index is 0.0382. The quantitative estimate of drug-likeness (QED) is 0.263. The number of nitrogens with zero attached hydrogens (tertiary/aromatic N) is 4. The summed E-state index contributed by atoms with van der Waals surface area (Å²) in [5.41, 5.74) is 6.65. The van der Waals surface area contributed by atoms with E-state index in [2.05, 4.69) is 27.2 Å². The molecule has 3 heterocycles. The predicted molar refractivity (Wildman–Crippen MR) is 138 cm³/mol. The average Bonchev–Trinajstić information content (AvgIpc) is 3.46. The Balaban J connectivity index is 1.40. The van der Waals surface area contributed by atoms with Gasteiger partial charge in [-0.25, -0.2) is 4.98 Å². The van der Waals surface area contributed by atoms with Gasteiger partial charge in [0.15, 0.2) is 11.4 Å². The lowest BCUT2D eigenvalue weighted by Crippen LogP contribution is -2.04. The molecule has 0 amide bonds. The molecule has 0 atom stereocenters. The van der Waals surface area contributed by atoms with E-state index in [0.717, 1.165) is 39.4 Å². The predicted octanol–water partition coefficient (Wildman–Crippen LogP) is 5.60. The first-order valence-electron chi connectivity index (χ1n) is 11.1. The maximum Gasteiger partial charge on any atom is 0.167 e. The minimum Gasteiger partial charge on any atom is -0.350 e. The third kappa shape index (κ3) is 4.96. The molecule has 0 radical (unpaired) electrons. The van der Waals surface area contributed by atoms with Crippen LogP contribution >= 0.6 is 11.6 Å². The summed E-state index contributed by atoms with van der Waals surface area (Å²) < 4.78 is 3.68. The Kier molecular flexibility index (Phi) is 6.09. The minimum absolute atomic E-state index is 0.0382. The van der Waals surface area contributed by atoms with Crippen molar-refractivity contribution in [3.8, 4) is 11.8 Å². The highest BCUT2D eigenvalue weighted by Crippen LogP contribution is 2.21. The van der Waals surface area contributed by atoms with Gasteiger partial charge < -0.3 is 5.32 Å². The van der Waals surface area contributed by atoms with Crippen molar-refractivity contribution in [2.24, 2.45) is 7.05 Å². The monoisotopic (exact) mass is 479 g/mol. The van der Waals surface area contributed by atoms with Crippen molar-refractivity contribution in [2.45, 2.75) is 13.3 Å². The number of carbonyl (C=O) groups is 1. The summed E-state index contributed by atoms with van der Waals surface area (Å²) in [6.45, 7) is 1.99. The lowest BCUT2D eigenvalue weighted by Gasteiger charge is -2.06. The molecule has 0 aliphatic heterocycles. The molecule has 0 fully saturated rings. The van der Waals surface area contributed by atoms with E-state index < -0.39 is 0 Å². The van der Waals surface area contributed by atoms with E-state index in [-0.39, 0.29) is 5.78 Å². The van der Waals surface area contributed by atoms with E-state index in [0.29, 0.717) is 17.0 Å². The number of aryl methyl sites for hydroxylation is 2. The summed E-state index contributed by atoms with van der Waals surface area (Å²) in [6, 6.07) is 16.9. The molecular weight excluding hydrogens is 458 g/mol. The molecule has 7 heteroatoms. The second-order valence-electron chi connectivity index (χ2n) is 8.29. The van der Waals surface area contributed by atoms with Gasteiger partial charge in [-0.2, -0.15) is 5.10 Å². The molecule has 5 aromatic rings. The number of ketones is 1. The van der Waals surface area contributed by atoms with Crippen LogP contribution in [-0.2, 0) is 13.5 Å². The molecule has 0 unspecified atom stereocenters. The molecule has 172 valence electrons. The standard InChI is InChI=1S/C28H22ClN5O/c1-19-5-8-22(27(35)14-20-6-10-23(29)11-7-20)15-21(19)9-12-25-17-30-28-26(4-3-13-34(25)28)32-24-16-31-33(2)18-24/h3-8,10-11,13,15-18,32H,14H2,1-2H3. The zero-order valence-corrected chi connectivity index (χ0v) is 20.0. The SMILES string of the molecule is Cc1ccc(C(=O)Cc2ccc(Cl)cc2)cc1C#Cc1cnc2c(Nc3cnn(C)c3)cccn12. The van der Waals surface area contributed by atoms with E-state index in [1.165, 1.54) is 0 Å². The highest BCUT2D eigenvalue weighted by atomic mass is 35.5. The number of imidazole rings is 1. The fraction of sp³-hybridized carbons (Fsp3) is 0.107. The molecule has 0 aliphatic carbocycles. The second kappa shape index (κ2) is 9.49. The van der Waals surface area contributed by atoms with E-state index >= 15 is 0 Å². The van der Waals surface area contributed by atoms with Crippen LogP contribution in [0, 0.1) is 18.8 Å². The summed E-state index contributed by atoms with van der Waals surface area (Å²) in [5.74, 6) is 6.49. The number of aromatic nitrogens is 4. The van der Waals surface area contributed by atoms with Crippen LogP contribution in [-0.4, -0.2) is 24.9 Å². The molecule has 1 N–H and O–H groups in total. The molecule has 3 aromatic heterocycles.